The van der Waals surface area contributed by atoms with Crippen LogP contribution in [0.3, 0.4) is 0 Å². The average molecular weight is 535 g/mol. The molecule has 0 atom stereocenters. The number of hydrogen-bond acceptors (Lipinski definition) is 2. The summed E-state index contributed by atoms with van der Waals surface area (Å²) in [5, 5.41) is 2.08. The van der Waals surface area contributed by atoms with Crippen LogP contribution in [-0.2, 0) is 4.74 Å². The number of rotatable bonds is 20. The van der Waals surface area contributed by atoms with Gasteiger partial charge in [0, 0.05) is 19.4 Å². The van der Waals surface area contributed by atoms with Crippen molar-refractivity contribution in [2.24, 2.45) is 0 Å². The molecule has 210 valence electrons. The lowest BCUT2D eigenvalue weighted by atomic mass is 10.0. The van der Waals surface area contributed by atoms with Crippen molar-refractivity contribution in [2.75, 3.05) is 13.2 Å². The summed E-state index contributed by atoms with van der Waals surface area (Å²) in [6.07, 6.45) is 18.3. The van der Waals surface area contributed by atoms with Crippen LogP contribution in [0.4, 0.5) is 0 Å². The molecular weight excluding hydrogens is 480 g/mol. The van der Waals surface area contributed by atoms with Gasteiger partial charge in [0.15, 0.2) is 0 Å². The van der Waals surface area contributed by atoms with Gasteiger partial charge >= 0.3 is 0 Å². The molecule has 0 heterocycles. The van der Waals surface area contributed by atoms with Crippen LogP contribution in [0.15, 0.2) is 60.7 Å². The first-order chi connectivity index (χ1) is 18.5. The van der Waals surface area contributed by atoms with Gasteiger partial charge in [0.25, 0.3) is 8.32 Å². The predicted octanol–water partition coefficient (Wildman–Crippen LogP) is 8.41. The van der Waals surface area contributed by atoms with Gasteiger partial charge in [0.2, 0.25) is 0 Å². The summed E-state index contributed by atoms with van der Waals surface area (Å²) >= 11 is 0. The zero-order chi connectivity index (χ0) is 27.4. The first-order valence-corrected chi connectivity index (χ1v) is 17.3. The molecule has 2 rings (SSSR count). The second kappa shape index (κ2) is 19.2. The Morgan fingerprint density at radius 3 is 1.74 bits per heavy atom. The third kappa shape index (κ3) is 11.5. The monoisotopic (exact) mass is 534 g/mol. The van der Waals surface area contributed by atoms with Crippen LogP contribution in [-0.4, -0.2) is 26.3 Å². The minimum Gasteiger partial charge on any atom is -0.424 e. The van der Waals surface area contributed by atoms with Gasteiger partial charge < -0.3 is 9.53 Å². The molecule has 2 aromatic carbocycles. The van der Waals surface area contributed by atoms with E-state index in [1.54, 1.807) is 0 Å². The van der Waals surface area contributed by atoms with Crippen molar-refractivity contribution in [3.05, 3.63) is 60.7 Å². The third-order valence-electron chi connectivity index (χ3n) is 7.85. The van der Waals surface area contributed by atoms with E-state index in [0.717, 1.165) is 49.3 Å². The molecule has 0 unspecified atom stereocenters. The maximum absolute atomic E-state index is 12.2. The molecule has 0 radical (unpaired) electrons. The molecule has 0 bridgehead atoms. The highest BCUT2D eigenvalue weighted by Crippen LogP contribution is 2.40. The number of unbranched alkanes of at least 4 members (excludes halogenated alkanes) is 11. The largest absolute Gasteiger partial charge is 0.424 e. The molecule has 3 heteroatoms. The van der Waals surface area contributed by atoms with E-state index in [2.05, 4.69) is 81.1 Å². The summed E-state index contributed by atoms with van der Waals surface area (Å²) in [5.74, 6) is 6.61. The molecule has 0 amide bonds. The molecule has 0 aromatic heterocycles. The molecule has 2 aromatic rings. The van der Waals surface area contributed by atoms with Gasteiger partial charge in [-0.3, -0.25) is 0 Å². The summed E-state index contributed by atoms with van der Waals surface area (Å²) in [6.45, 7) is 8.48. The van der Waals surface area contributed by atoms with Gasteiger partial charge in [-0.25, -0.2) is 0 Å². The zero-order valence-electron chi connectivity index (χ0n) is 24.6. The average Bonchev–Trinajstić information content (AvgIpc) is 2.94. The van der Waals surface area contributed by atoms with E-state index in [1.807, 2.05) is 12.1 Å². The normalized spacial score (nSPS) is 11.8. The Hall–Kier alpha value is -1.86. The van der Waals surface area contributed by atoms with E-state index in [4.69, 9.17) is 4.74 Å². The van der Waals surface area contributed by atoms with Crippen molar-refractivity contribution in [3.63, 3.8) is 0 Å². The van der Waals surface area contributed by atoms with E-state index in [-0.39, 0.29) is 5.04 Å². The van der Waals surface area contributed by atoms with Gasteiger partial charge in [-0.1, -0.05) is 146 Å². The first-order valence-electron chi connectivity index (χ1n) is 15.4. The summed E-state index contributed by atoms with van der Waals surface area (Å²) in [7, 11) is -2.87. The summed E-state index contributed by atoms with van der Waals surface area (Å²) in [6, 6.07) is 20.8. The van der Waals surface area contributed by atoms with Crippen molar-refractivity contribution in [3.8, 4) is 11.8 Å². The fourth-order valence-corrected chi connectivity index (χ4v) is 9.15. The molecule has 0 fully saturated rings. The molecule has 0 aliphatic heterocycles. The quantitative estimate of drug-likeness (QED) is 0.105. The summed E-state index contributed by atoms with van der Waals surface area (Å²) in [4.78, 5) is 12.2. The van der Waals surface area contributed by atoms with Gasteiger partial charge in [-0.15, -0.1) is 11.8 Å². The van der Waals surface area contributed by atoms with E-state index in [9.17, 15) is 4.80 Å². The fraction of sp³-hybridized carbons (Fsp3) is 0.600. The van der Waals surface area contributed by atoms with Crippen LogP contribution < -0.4 is 10.4 Å². The van der Waals surface area contributed by atoms with Crippen molar-refractivity contribution in [2.45, 2.75) is 122 Å². The second-order valence-electron chi connectivity index (χ2n) is 11.4. The Bertz CT molecular complexity index is 858. The smallest absolute Gasteiger partial charge is 0.258 e. The molecule has 0 aliphatic carbocycles. The lowest BCUT2D eigenvalue weighted by Gasteiger charge is -2.41. The number of hydrogen-bond donors (Lipinski definition) is 1. The van der Waals surface area contributed by atoms with Gasteiger partial charge in [0.1, 0.15) is 0 Å². The summed E-state index contributed by atoms with van der Waals surface area (Å²) in [5.41, 5.74) is 0. The van der Waals surface area contributed by atoms with Crippen molar-refractivity contribution in [1.82, 2.24) is 0 Å². The summed E-state index contributed by atoms with van der Waals surface area (Å²) < 4.78 is 5.72. The van der Waals surface area contributed by atoms with Crippen LogP contribution in [0.25, 0.3) is 0 Å². The van der Waals surface area contributed by atoms with Gasteiger partial charge in [-0.05, 0) is 34.7 Å². The molecule has 1 N–H and O–H groups in total. The Balaban J connectivity index is 1.58. The molecular formula is C35H54O2Si. The molecule has 38 heavy (non-hydrogen) atoms. The third-order valence-corrected chi connectivity index (χ3v) is 12.4. The molecule has 0 saturated carbocycles. The maximum Gasteiger partial charge on any atom is 0.258 e. The van der Waals surface area contributed by atoms with E-state index >= 15 is 0 Å². The molecule has 0 aliphatic rings. The lowest BCUT2D eigenvalue weighted by molar-refractivity contribution is 0.135. The van der Waals surface area contributed by atoms with Crippen LogP contribution in [0, 0.1) is 11.8 Å². The Labute approximate surface area is 235 Å². The van der Waals surface area contributed by atoms with Crippen LogP contribution in [0.5, 0.6) is 0 Å². The van der Waals surface area contributed by atoms with Crippen molar-refractivity contribution < 1.29 is 9.53 Å². The van der Waals surface area contributed by atoms with Crippen molar-refractivity contribution >= 4 is 18.7 Å². The van der Waals surface area contributed by atoms with E-state index in [1.165, 1.54) is 70.6 Å². The Kier molecular flexibility index (Phi) is 16.4. The highest BCUT2D eigenvalue weighted by Gasteiger charge is 2.49. The van der Waals surface area contributed by atoms with Crippen LogP contribution in [0.2, 0.25) is 5.04 Å². The number of benzene rings is 2. The predicted molar refractivity (Wildman–Crippen MR) is 168 cm³/mol. The van der Waals surface area contributed by atoms with Gasteiger partial charge in [0.05, 0.1) is 6.61 Å². The molecule has 0 spiro atoms. The van der Waals surface area contributed by atoms with Crippen molar-refractivity contribution in [1.29, 1.82) is 0 Å². The zero-order valence-corrected chi connectivity index (χ0v) is 25.6. The Morgan fingerprint density at radius 1 is 0.632 bits per heavy atom. The van der Waals surface area contributed by atoms with Crippen LogP contribution >= 0.6 is 0 Å². The highest BCUT2D eigenvalue weighted by molar-refractivity contribution is 6.98. The highest BCUT2D eigenvalue weighted by atomic mass is 28.4. The first kappa shape index (κ1) is 32.3. The minimum absolute atomic E-state index is 0.141. The van der Waals surface area contributed by atoms with E-state index < -0.39 is 8.32 Å². The fourth-order valence-electron chi connectivity index (χ4n) is 5.36. The van der Waals surface area contributed by atoms with Gasteiger partial charge in [-0.2, -0.15) is 0 Å². The maximum atomic E-state index is 12.2. The topological polar surface area (TPSA) is 29.5 Å². The van der Waals surface area contributed by atoms with E-state index in [0.29, 0.717) is 0 Å². The molecule has 2 nitrogen and oxygen atoms in total. The molecule has 0 saturated heterocycles. The standard InChI is InChI=1S/C35H54O2Si/c1-4-5-6-7-12-15-24-31-37-32-25-16-13-10-8-9-11-14-23-30-35(2,3)38(36,33-26-19-17-20-27-33)34-28-21-18-22-29-34/h17-22,26-29,36H,4-12,14-15,23-25,30-32H2,1-3H3. The minimum atomic E-state index is -2.87. The lowest BCUT2D eigenvalue weighted by Crippen LogP contribution is -2.65. The van der Waals surface area contributed by atoms with Crippen LogP contribution in [0.1, 0.15) is 117 Å². The Morgan fingerprint density at radius 2 is 1.13 bits per heavy atom. The SMILES string of the molecule is CCCCCCCCCOCCC#CCCCCCCCC(C)(C)[Si](O)(c1ccccc1)c1ccccc1. The second-order valence-corrected chi connectivity index (χ2v) is 15.4. The number of ether oxygens (including phenoxy) is 1.